The van der Waals surface area contributed by atoms with Gasteiger partial charge in [-0.15, -0.1) is 11.3 Å². The Bertz CT molecular complexity index is 439. The van der Waals surface area contributed by atoms with Gasteiger partial charge in [0.1, 0.15) is 0 Å². The SMILES string of the molecule is Cc1sccc1C(=O)C1(N2CCCC2)CCCC1. The minimum atomic E-state index is -0.150. The number of rotatable bonds is 3. The highest BCUT2D eigenvalue weighted by Crippen LogP contribution is 2.40. The van der Waals surface area contributed by atoms with E-state index in [1.807, 2.05) is 6.07 Å². The highest BCUT2D eigenvalue weighted by atomic mass is 32.1. The molecular weight excluding hydrogens is 242 g/mol. The summed E-state index contributed by atoms with van der Waals surface area (Å²) in [4.78, 5) is 16.7. The van der Waals surface area contributed by atoms with Crippen LogP contribution in [0.5, 0.6) is 0 Å². The molecule has 0 unspecified atom stereocenters. The van der Waals surface area contributed by atoms with Gasteiger partial charge in [0.25, 0.3) is 0 Å². The molecule has 0 amide bonds. The Labute approximate surface area is 113 Å². The number of hydrogen-bond donors (Lipinski definition) is 0. The van der Waals surface area contributed by atoms with Crippen LogP contribution in [0, 0.1) is 6.92 Å². The molecule has 0 N–H and O–H groups in total. The third-order valence-electron chi connectivity index (χ3n) is 4.67. The Balaban J connectivity index is 1.94. The number of nitrogens with zero attached hydrogens (tertiary/aromatic N) is 1. The lowest BCUT2D eigenvalue weighted by molar-refractivity contribution is 0.0626. The fourth-order valence-corrected chi connectivity index (χ4v) is 4.36. The second kappa shape index (κ2) is 4.78. The van der Waals surface area contributed by atoms with Crippen LogP contribution >= 0.6 is 11.3 Å². The van der Waals surface area contributed by atoms with Gasteiger partial charge in [-0.2, -0.15) is 0 Å². The van der Waals surface area contributed by atoms with Crippen LogP contribution in [0.3, 0.4) is 0 Å². The molecule has 0 atom stereocenters. The fraction of sp³-hybridized carbons (Fsp3) is 0.667. The summed E-state index contributed by atoms with van der Waals surface area (Å²) in [7, 11) is 0. The van der Waals surface area contributed by atoms with Gasteiger partial charge >= 0.3 is 0 Å². The summed E-state index contributed by atoms with van der Waals surface area (Å²) < 4.78 is 0. The quantitative estimate of drug-likeness (QED) is 0.776. The molecule has 18 heavy (non-hydrogen) atoms. The summed E-state index contributed by atoms with van der Waals surface area (Å²) >= 11 is 1.69. The van der Waals surface area contributed by atoms with Crippen molar-refractivity contribution in [3.8, 4) is 0 Å². The first-order valence-electron chi connectivity index (χ1n) is 7.08. The van der Waals surface area contributed by atoms with E-state index in [2.05, 4.69) is 17.2 Å². The number of Topliss-reactive ketones (excluding diaryl/α,β-unsaturated/α-hetero) is 1. The topological polar surface area (TPSA) is 20.3 Å². The van der Waals surface area contributed by atoms with Gasteiger partial charge in [-0.25, -0.2) is 0 Å². The summed E-state index contributed by atoms with van der Waals surface area (Å²) in [5.41, 5.74) is 0.830. The second-order valence-corrected chi connectivity index (χ2v) is 6.77. The van der Waals surface area contributed by atoms with Gasteiger partial charge in [0.05, 0.1) is 5.54 Å². The Kier molecular flexibility index (Phi) is 3.29. The lowest BCUT2D eigenvalue weighted by Gasteiger charge is -2.37. The zero-order valence-electron chi connectivity index (χ0n) is 11.1. The molecule has 1 saturated carbocycles. The minimum absolute atomic E-state index is 0.150. The van der Waals surface area contributed by atoms with Crippen LogP contribution in [0.25, 0.3) is 0 Å². The van der Waals surface area contributed by atoms with E-state index >= 15 is 0 Å². The maximum absolute atomic E-state index is 13.0. The molecule has 0 radical (unpaired) electrons. The van der Waals surface area contributed by atoms with Gasteiger partial charge in [-0.1, -0.05) is 12.8 Å². The van der Waals surface area contributed by atoms with Crippen molar-refractivity contribution in [2.24, 2.45) is 0 Å². The van der Waals surface area contributed by atoms with Crippen LogP contribution in [-0.4, -0.2) is 29.3 Å². The molecule has 0 spiro atoms. The van der Waals surface area contributed by atoms with Crippen molar-refractivity contribution in [1.82, 2.24) is 4.90 Å². The molecule has 2 heterocycles. The first-order chi connectivity index (χ1) is 8.74. The standard InChI is InChI=1S/C15H21NOS/c1-12-13(6-11-18-12)14(17)15(7-2-3-8-15)16-9-4-5-10-16/h6,11H,2-5,7-10H2,1H3. The van der Waals surface area contributed by atoms with Crippen LogP contribution in [0.15, 0.2) is 11.4 Å². The molecule has 0 bridgehead atoms. The molecule has 2 aliphatic rings. The molecule has 1 saturated heterocycles. The van der Waals surface area contributed by atoms with E-state index in [1.165, 1.54) is 30.6 Å². The van der Waals surface area contributed by atoms with E-state index in [4.69, 9.17) is 0 Å². The summed E-state index contributed by atoms with van der Waals surface area (Å²) in [5, 5.41) is 2.05. The van der Waals surface area contributed by atoms with Crippen molar-refractivity contribution < 1.29 is 4.79 Å². The van der Waals surface area contributed by atoms with Gasteiger partial charge in [0.2, 0.25) is 0 Å². The first kappa shape index (κ1) is 12.4. The first-order valence-corrected chi connectivity index (χ1v) is 7.96. The summed E-state index contributed by atoms with van der Waals surface area (Å²) in [6.45, 7) is 4.31. The van der Waals surface area contributed by atoms with E-state index in [1.54, 1.807) is 11.3 Å². The molecule has 3 heteroatoms. The fourth-order valence-electron chi connectivity index (χ4n) is 3.66. The van der Waals surface area contributed by atoms with E-state index in [0.29, 0.717) is 5.78 Å². The molecule has 2 fully saturated rings. The van der Waals surface area contributed by atoms with Crippen LogP contribution in [-0.2, 0) is 0 Å². The number of aryl methyl sites for hydroxylation is 1. The smallest absolute Gasteiger partial charge is 0.184 e. The molecule has 1 aromatic rings. The van der Waals surface area contributed by atoms with Gasteiger partial charge in [-0.05, 0) is 57.1 Å². The normalized spacial score (nSPS) is 23.6. The average molecular weight is 263 g/mol. The maximum atomic E-state index is 13.0. The zero-order chi connectivity index (χ0) is 12.6. The van der Waals surface area contributed by atoms with Crippen LogP contribution < -0.4 is 0 Å². The maximum Gasteiger partial charge on any atom is 0.184 e. The monoisotopic (exact) mass is 263 g/mol. The minimum Gasteiger partial charge on any atom is -0.292 e. The summed E-state index contributed by atoms with van der Waals surface area (Å²) in [5.74, 6) is 0.403. The Morgan fingerprint density at radius 1 is 1.22 bits per heavy atom. The third-order valence-corrected chi connectivity index (χ3v) is 5.51. The zero-order valence-corrected chi connectivity index (χ0v) is 11.9. The molecule has 1 aromatic heterocycles. The number of ketones is 1. The van der Waals surface area contributed by atoms with Gasteiger partial charge in [0, 0.05) is 10.4 Å². The number of likely N-dealkylation sites (tertiary alicyclic amines) is 1. The summed E-state index contributed by atoms with van der Waals surface area (Å²) in [6.07, 6.45) is 7.09. The Hall–Kier alpha value is -0.670. The molecular formula is C15H21NOS. The Morgan fingerprint density at radius 3 is 2.44 bits per heavy atom. The number of thiophene rings is 1. The summed E-state index contributed by atoms with van der Waals surface area (Å²) in [6, 6.07) is 2.03. The highest BCUT2D eigenvalue weighted by Gasteiger charge is 2.47. The lowest BCUT2D eigenvalue weighted by Crippen LogP contribution is -2.51. The molecule has 3 rings (SSSR count). The Morgan fingerprint density at radius 2 is 1.89 bits per heavy atom. The van der Waals surface area contributed by atoms with Crippen molar-refractivity contribution >= 4 is 17.1 Å². The van der Waals surface area contributed by atoms with Crippen LogP contribution in [0.2, 0.25) is 0 Å². The number of carbonyl (C=O) groups excluding carboxylic acids is 1. The van der Waals surface area contributed by atoms with Crippen LogP contribution in [0.1, 0.15) is 53.8 Å². The molecule has 2 nitrogen and oxygen atoms in total. The van der Waals surface area contributed by atoms with Gasteiger partial charge in [0.15, 0.2) is 5.78 Å². The average Bonchev–Trinajstić information content (AvgIpc) is 3.10. The second-order valence-electron chi connectivity index (χ2n) is 5.65. The number of hydrogen-bond acceptors (Lipinski definition) is 3. The molecule has 1 aliphatic carbocycles. The van der Waals surface area contributed by atoms with Gasteiger partial charge < -0.3 is 0 Å². The van der Waals surface area contributed by atoms with Crippen molar-refractivity contribution in [2.75, 3.05) is 13.1 Å². The van der Waals surface area contributed by atoms with Crippen molar-refractivity contribution in [1.29, 1.82) is 0 Å². The van der Waals surface area contributed by atoms with Gasteiger partial charge in [-0.3, -0.25) is 9.69 Å². The predicted octanol–water partition coefficient (Wildman–Crippen LogP) is 3.65. The largest absolute Gasteiger partial charge is 0.292 e. The molecule has 1 aliphatic heterocycles. The van der Waals surface area contributed by atoms with E-state index in [9.17, 15) is 4.79 Å². The molecule has 98 valence electrons. The highest BCUT2D eigenvalue weighted by molar-refractivity contribution is 7.10. The lowest BCUT2D eigenvalue weighted by atomic mass is 9.86. The van der Waals surface area contributed by atoms with Crippen molar-refractivity contribution in [3.63, 3.8) is 0 Å². The van der Waals surface area contributed by atoms with Crippen molar-refractivity contribution in [3.05, 3.63) is 21.9 Å². The van der Waals surface area contributed by atoms with Crippen molar-refractivity contribution in [2.45, 2.75) is 51.0 Å². The molecule has 0 aromatic carbocycles. The van der Waals surface area contributed by atoms with E-state index in [-0.39, 0.29) is 5.54 Å². The van der Waals surface area contributed by atoms with E-state index in [0.717, 1.165) is 31.5 Å². The predicted molar refractivity (Wildman–Crippen MR) is 75.4 cm³/mol. The third kappa shape index (κ3) is 1.84. The van der Waals surface area contributed by atoms with E-state index < -0.39 is 0 Å². The number of carbonyl (C=O) groups is 1. The van der Waals surface area contributed by atoms with Crippen LogP contribution in [0.4, 0.5) is 0 Å².